The first-order chi connectivity index (χ1) is 17.7. The molecule has 0 bridgehead atoms. The van der Waals surface area contributed by atoms with Gasteiger partial charge >= 0.3 is 5.56 Å². The second kappa shape index (κ2) is 11.2. The van der Waals surface area contributed by atoms with Crippen LogP contribution in [0.25, 0.3) is 0 Å². The number of hydrogen-bond donors (Lipinski definition) is 2. The minimum Gasteiger partial charge on any atom is -0.408 e. The Morgan fingerprint density at radius 3 is 2.54 bits per heavy atom. The van der Waals surface area contributed by atoms with E-state index in [0.29, 0.717) is 16.4 Å². The van der Waals surface area contributed by atoms with Crippen molar-refractivity contribution in [1.82, 2.24) is 9.63 Å². The van der Waals surface area contributed by atoms with E-state index in [0.717, 1.165) is 10.3 Å². The molecule has 9 nitrogen and oxygen atoms in total. The van der Waals surface area contributed by atoms with Crippen molar-refractivity contribution in [2.24, 2.45) is 0 Å². The number of aliphatic hydroxyl groups is 1. The molecule has 1 aliphatic rings. The van der Waals surface area contributed by atoms with Gasteiger partial charge in [-0.3, -0.25) is 14.4 Å². The maximum absolute atomic E-state index is 13.6. The second-order valence-electron chi connectivity index (χ2n) is 8.25. The highest BCUT2D eigenvalue weighted by atomic mass is 35.5. The van der Waals surface area contributed by atoms with E-state index in [9.17, 15) is 18.8 Å². The van der Waals surface area contributed by atoms with Gasteiger partial charge in [-0.1, -0.05) is 29.3 Å². The number of benzene rings is 2. The Hall–Kier alpha value is -3.60. The number of hydrogen-bond acceptors (Lipinski definition) is 6. The Bertz CT molecular complexity index is 1400. The average molecular weight is 549 g/mol. The van der Waals surface area contributed by atoms with Crippen molar-refractivity contribution >= 4 is 52.1 Å². The Labute approximate surface area is 221 Å². The molecule has 37 heavy (non-hydrogen) atoms. The van der Waals surface area contributed by atoms with Crippen LogP contribution >= 0.6 is 23.2 Å². The van der Waals surface area contributed by atoms with Crippen LogP contribution in [0.4, 0.5) is 21.5 Å². The normalized spacial score (nSPS) is 13.6. The number of carbonyl (C=O) groups is 2. The van der Waals surface area contributed by atoms with Gasteiger partial charge in [0.25, 0.3) is 5.91 Å². The molecular weight excluding hydrogens is 526 g/mol. The molecule has 4 rings (SSSR count). The molecule has 2 aromatic carbocycles. The summed E-state index contributed by atoms with van der Waals surface area (Å²) in [5.74, 6) is -1.35. The van der Waals surface area contributed by atoms with Crippen LogP contribution in [0.2, 0.25) is 10.0 Å². The Morgan fingerprint density at radius 2 is 1.86 bits per heavy atom. The molecular formula is C25H23Cl2FN4O5. The van der Waals surface area contributed by atoms with Crippen molar-refractivity contribution in [3.05, 3.63) is 86.0 Å². The predicted molar refractivity (Wildman–Crippen MR) is 138 cm³/mol. The molecule has 0 atom stereocenters. The van der Waals surface area contributed by atoms with Crippen molar-refractivity contribution in [3.63, 3.8) is 0 Å². The lowest BCUT2D eigenvalue weighted by Gasteiger charge is -2.34. The van der Waals surface area contributed by atoms with Crippen molar-refractivity contribution in [3.8, 4) is 0 Å². The zero-order valence-electron chi connectivity index (χ0n) is 19.7. The molecule has 0 aliphatic carbocycles. The van der Waals surface area contributed by atoms with Gasteiger partial charge in [-0.2, -0.15) is 4.73 Å². The molecule has 1 fully saturated rings. The monoisotopic (exact) mass is 548 g/mol. The maximum Gasteiger partial charge on any atom is 0.303 e. The summed E-state index contributed by atoms with van der Waals surface area (Å²) in [6.45, 7) is 1.34. The highest BCUT2D eigenvalue weighted by molar-refractivity contribution is 6.34. The molecule has 1 aliphatic heterocycles. The zero-order valence-corrected chi connectivity index (χ0v) is 21.2. The van der Waals surface area contributed by atoms with E-state index in [1.54, 1.807) is 18.2 Å². The Morgan fingerprint density at radius 1 is 1.14 bits per heavy atom. The van der Waals surface area contributed by atoms with Gasteiger partial charge in [0.15, 0.2) is 0 Å². The lowest BCUT2D eigenvalue weighted by atomic mass is 10.1. The molecule has 12 heteroatoms. The first kappa shape index (κ1) is 26.5. The van der Waals surface area contributed by atoms with Crippen molar-refractivity contribution in [2.45, 2.75) is 6.92 Å². The van der Waals surface area contributed by atoms with Crippen molar-refractivity contribution in [1.29, 1.82) is 0 Å². The van der Waals surface area contributed by atoms with Crippen LogP contribution in [0.5, 0.6) is 0 Å². The van der Waals surface area contributed by atoms with Gasteiger partial charge < -0.3 is 25.1 Å². The fourth-order valence-electron chi connectivity index (χ4n) is 3.86. The fourth-order valence-corrected chi connectivity index (χ4v) is 4.26. The summed E-state index contributed by atoms with van der Waals surface area (Å²) in [4.78, 5) is 47.4. The highest BCUT2D eigenvalue weighted by Crippen LogP contribution is 2.31. The van der Waals surface area contributed by atoms with Gasteiger partial charge in [0, 0.05) is 29.5 Å². The van der Waals surface area contributed by atoms with Gasteiger partial charge in [-0.05, 0) is 48.9 Å². The lowest BCUT2D eigenvalue weighted by molar-refractivity contribution is -0.120. The number of aromatic nitrogens is 1. The topological polar surface area (TPSA) is 104 Å². The fraction of sp³-hybridized carbons (Fsp3) is 0.240. The van der Waals surface area contributed by atoms with Crippen molar-refractivity contribution < 1.29 is 23.9 Å². The van der Waals surface area contributed by atoms with E-state index >= 15 is 0 Å². The maximum atomic E-state index is 13.6. The summed E-state index contributed by atoms with van der Waals surface area (Å²) in [5.41, 5.74) is 1.08. The number of anilines is 3. The van der Waals surface area contributed by atoms with Crippen molar-refractivity contribution in [2.75, 3.05) is 43.1 Å². The second-order valence-corrected chi connectivity index (χ2v) is 9.07. The summed E-state index contributed by atoms with van der Waals surface area (Å²) in [6, 6.07) is 10.6. The van der Waals surface area contributed by atoms with E-state index in [4.69, 9.17) is 33.1 Å². The first-order valence-corrected chi connectivity index (χ1v) is 12.0. The molecule has 1 aromatic heterocycles. The number of nitrogens with zero attached hydrogens (tertiary/aromatic N) is 3. The number of piperazine rings is 1. The largest absolute Gasteiger partial charge is 0.408 e. The third-order valence-corrected chi connectivity index (χ3v) is 6.37. The van der Waals surface area contributed by atoms with E-state index in [-0.39, 0.29) is 55.0 Å². The van der Waals surface area contributed by atoms with Crippen LogP contribution in [0, 0.1) is 12.7 Å². The molecule has 0 radical (unpaired) electrons. The van der Waals surface area contributed by atoms with Gasteiger partial charge in [0.05, 0.1) is 24.1 Å². The van der Waals surface area contributed by atoms with E-state index < -0.39 is 17.3 Å². The molecule has 0 spiro atoms. The summed E-state index contributed by atoms with van der Waals surface area (Å²) < 4.78 is 14.1. The first-order valence-electron chi connectivity index (χ1n) is 11.3. The number of aryl methyl sites for hydroxylation is 1. The lowest BCUT2D eigenvalue weighted by Crippen LogP contribution is -2.52. The molecule has 0 saturated carbocycles. The van der Waals surface area contributed by atoms with Gasteiger partial charge in [0.1, 0.15) is 24.0 Å². The molecule has 3 aromatic rings. The van der Waals surface area contributed by atoms with E-state index in [1.807, 2.05) is 6.92 Å². The number of pyridine rings is 1. The number of amides is 2. The average Bonchev–Trinajstić information content (AvgIpc) is 2.88. The van der Waals surface area contributed by atoms with E-state index in [2.05, 4.69) is 5.32 Å². The third-order valence-electron chi connectivity index (χ3n) is 5.78. The van der Waals surface area contributed by atoms with Gasteiger partial charge in [-0.15, -0.1) is 0 Å². The Balaban J connectivity index is 1.68. The number of nitrogens with one attached hydrogen (secondary N) is 1. The van der Waals surface area contributed by atoms with Crippen LogP contribution in [0.15, 0.2) is 53.5 Å². The number of aliphatic hydroxyl groups excluding tert-OH is 1. The molecule has 0 unspecified atom stereocenters. The van der Waals surface area contributed by atoms with Crippen LogP contribution in [-0.2, 0) is 4.79 Å². The standard InChI is InChI=1S/C25H23Cl2FN4O5/c1-15-2-3-16(26)12-20(15)29-23-19(13-32(37-11-10-33)25(36)22(23)27)24(35)30-8-9-31(21(34)14-30)18-6-4-17(28)5-7-18/h2-7,12-13,29,33H,8-11,14H2,1H3. The zero-order chi connectivity index (χ0) is 26.7. The molecule has 1 saturated heterocycles. The number of halogens is 3. The minimum absolute atomic E-state index is 0.0232. The molecule has 2 N–H and O–H groups in total. The summed E-state index contributed by atoms with van der Waals surface area (Å²) in [6.07, 6.45) is 1.17. The third kappa shape index (κ3) is 5.71. The smallest absolute Gasteiger partial charge is 0.303 e. The van der Waals surface area contributed by atoms with Crippen LogP contribution in [0.3, 0.4) is 0 Å². The van der Waals surface area contributed by atoms with Gasteiger partial charge in [0.2, 0.25) is 5.91 Å². The molecule has 194 valence electrons. The molecule has 2 heterocycles. The summed E-state index contributed by atoms with van der Waals surface area (Å²) in [5, 5.41) is 12.2. The highest BCUT2D eigenvalue weighted by Gasteiger charge is 2.31. The van der Waals surface area contributed by atoms with Crippen LogP contribution in [0.1, 0.15) is 15.9 Å². The summed E-state index contributed by atoms with van der Waals surface area (Å²) in [7, 11) is 0. The van der Waals surface area contributed by atoms with E-state index in [1.165, 1.54) is 40.3 Å². The molecule has 2 amide bonds. The van der Waals surface area contributed by atoms with Gasteiger partial charge in [-0.25, -0.2) is 4.39 Å². The van der Waals surface area contributed by atoms with Crippen LogP contribution in [-0.4, -0.2) is 59.4 Å². The van der Waals surface area contributed by atoms with Crippen LogP contribution < -0.4 is 20.6 Å². The SMILES string of the molecule is Cc1ccc(Cl)cc1Nc1c(C(=O)N2CCN(c3ccc(F)cc3)C(=O)C2)cn(OCCO)c(=O)c1Cl. The summed E-state index contributed by atoms with van der Waals surface area (Å²) >= 11 is 12.5. The quantitative estimate of drug-likeness (QED) is 0.469. The number of rotatable bonds is 7. The minimum atomic E-state index is -0.744. The Kier molecular flexibility index (Phi) is 8.01. The predicted octanol–water partition coefficient (Wildman–Crippen LogP) is 3.26. The number of carbonyl (C=O) groups excluding carboxylic acids is 2.